The lowest BCUT2D eigenvalue weighted by Gasteiger charge is -2.32. The number of ether oxygens (including phenoxy) is 1. The maximum atomic E-state index is 12.3. The van der Waals surface area contributed by atoms with Gasteiger partial charge in [-0.1, -0.05) is 43.7 Å². The average Bonchev–Trinajstić information content (AvgIpc) is 2.89. The molecular weight excluding hydrogens is 268 g/mol. The fraction of sp³-hybridized carbons (Fsp3) is 0.375. The Labute approximate surface area is 123 Å². The number of cyclic esters (lactones) is 1. The van der Waals surface area contributed by atoms with Crippen LogP contribution >= 0.6 is 0 Å². The number of urea groups is 1. The highest BCUT2D eigenvalue weighted by atomic mass is 16.5. The third kappa shape index (κ3) is 2.39. The van der Waals surface area contributed by atoms with Gasteiger partial charge in [0.05, 0.1) is 17.3 Å². The van der Waals surface area contributed by atoms with Crippen LogP contribution in [0.3, 0.4) is 0 Å². The maximum absolute atomic E-state index is 12.3. The van der Waals surface area contributed by atoms with Crippen molar-refractivity contribution in [3.63, 3.8) is 0 Å². The van der Waals surface area contributed by atoms with Crippen molar-refractivity contribution in [2.45, 2.75) is 25.8 Å². The molecule has 0 spiro atoms. The molecule has 0 aromatic heterocycles. The molecule has 2 aliphatic rings. The summed E-state index contributed by atoms with van der Waals surface area (Å²) in [5.41, 5.74) is 2.18. The highest BCUT2D eigenvalue weighted by Crippen LogP contribution is 2.34. The van der Waals surface area contributed by atoms with Gasteiger partial charge in [0.1, 0.15) is 6.61 Å². The van der Waals surface area contributed by atoms with Crippen molar-refractivity contribution in [3.8, 4) is 0 Å². The van der Waals surface area contributed by atoms with Gasteiger partial charge in [-0.25, -0.2) is 9.59 Å². The van der Waals surface area contributed by atoms with Crippen LogP contribution in [-0.2, 0) is 9.53 Å². The Bertz CT molecular complexity index is 595. The second kappa shape index (κ2) is 5.60. The van der Waals surface area contributed by atoms with Crippen LogP contribution in [0.1, 0.15) is 31.4 Å². The molecular formula is C16H18N2O3. The quantitative estimate of drug-likeness (QED) is 0.864. The molecule has 0 aliphatic carbocycles. The number of nitrogens with one attached hydrogen (secondary N) is 1. The summed E-state index contributed by atoms with van der Waals surface area (Å²) in [5, 5.41) is 2.92. The SMILES string of the molecule is CCCCN1C(=O)N[C@H](c2ccccc2)C2=C1COC2=O. The summed E-state index contributed by atoms with van der Waals surface area (Å²) >= 11 is 0. The van der Waals surface area contributed by atoms with E-state index < -0.39 is 6.04 Å². The van der Waals surface area contributed by atoms with E-state index in [-0.39, 0.29) is 18.6 Å². The van der Waals surface area contributed by atoms with E-state index in [0.717, 1.165) is 18.4 Å². The number of hydrogen-bond acceptors (Lipinski definition) is 3. The number of amides is 2. The van der Waals surface area contributed by atoms with Crippen LogP contribution < -0.4 is 5.32 Å². The van der Waals surface area contributed by atoms with E-state index in [1.807, 2.05) is 30.3 Å². The van der Waals surface area contributed by atoms with Crippen molar-refractivity contribution < 1.29 is 14.3 Å². The molecule has 1 aromatic rings. The van der Waals surface area contributed by atoms with Crippen molar-refractivity contribution in [2.24, 2.45) is 0 Å². The minimum absolute atomic E-state index is 0.158. The van der Waals surface area contributed by atoms with E-state index >= 15 is 0 Å². The van der Waals surface area contributed by atoms with Crippen molar-refractivity contribution in [1.82, 2.24) is 10.2 Å². The molecule has 0 unspecified atom stereocenters. The van der Waals surface area contributed by atoms with E-state index in [4.69, 9.17) is 4.74 Å². The molecule has 5 heteroatoms. The first-order chi connectivity index (χ1) is 10.2. The van der Waals surface area contributed by atoms with Gasteiger partial charge < -0.3 is 10.1 Å². The van der Waals surface area contributed by atoms with Gasteiger partial charge in [-0.05, 0) is 12.0 Å². The lowest BCUT2D eigenvalue weighted by Crippen LogP contribution is -2.47. The van der Waals surface area contributed by atoms with Crippen molar-refractivity contribution in [3.05, 3.63) is 47.2 Å². The molecule has 1 atom stereocenters. The first-order valence-electron chi connectivity index (χ1n) is 7.25. The fourth-order valence-electron chi connectivity index (χ4n) is 2.76. The number of nitrogens with zero attached hydrogens (tertiary/aromatic N) is 1. The molecule has 0 bridgehead atoms. The topological polar surface area (TPSA) is 58.6 Å². The molecule has 3 rings (SSSR count). The maximum Gasteiger partial charge on any atom is 0.338 e. The molecule has 2 aliphatic heterocycles. The molecule has 0 fully saturated rings. The molecule has 0 radical (unpaired) electrons. The van der Waals surface area contributed by atoms with Crippen LogP contribution in [0.5, 0.6) is 0 Å². The van der Waals surface area contributed by atoms with E-state index in [1.54, 1.807) is 4.90 Å². The molecule has 0 saturated heterocycles. The van der Waals surface area contributed by atoms with Crippen LogP contribution in [0.15, 0.2) is 41.6 Å². The number of benzene rings is 1. The lowest BCUT2D eigenvalue weighted by molar-refractivity contribution is -0.136. The third-order valence-electron chi connectivity index (χ3n) is 3.87. The molecule has 0 saturated carbocycles. The van der Waals surface area contributed by atoms with Gasteiger partial charge in [0, 0.05) is 6.54 Å². The van der Waals surface area contributed by atoms with Crippen molar-refractivity contribution in [1.29, 1.82) is 0 Å². The zero-order chi connectivity index (χ0) is 14.8. The summed E-state index contributed by atoms with van der Waals surface area (Å²) in [5.74, 6) is -0.333. The first-order valence-corrected chi connectivity index (χ1v) is 7.25. The van der Waals surface area contributed by atoms with Crippen LogP contribution in [0, 0.1) is 0 Å². The number of carbonyl (C=O) groups is 2. The average molecular weight is 286 g/mol. The van der Waals surface area contributed by atoms with Gasteiger partial charge in [-0.3, -0.25) is 4.90 Å². The fourth-order valence-corrected chi connectivity index (χ4v) is 2.76. The van der Waals surface area contributed by atoms with Crippen LogP contribution in [0.2, 0.25) is 0 Å². The summed E-state index contributed by atoms with van der Waals surface area (Å²) in [6.45, 7) is 2.87. The molecule has 1 aromatic carbocycles. The number of esters is 1. The van der Waals surface area contributed by atoms with E-state index in [1.165, 1.54) is 0 Å². The number of rotatable bonds is 4. The summed E-state index contributed by atoms with van der Waals surface area (Å²) < 4.78 is 5.16. The van der Waals surface area contributed by atoms with Crippen molar-refractivity contribution in [2.75, 3.05) is 13.2 Å². The molecule has 5 nitrogen and oxygen atoms in total. The summed E-state index contributed by atoms with van der Waals surface area (Å²) in [6, 6.07) is 8.93. The van der Waals surface area contributed by atoms with Crippen LogP contribution in [0.4, 0.5) is 4.79 Å². The van der Waals surface area contributed by atoms with Crippen molar-refractivity contribution >= 4 is 12.0 Å². The molecule has 2 amide bonds. The first kappa shape index (κ1) is 13.7. The Morgan fingerprint density at radius 2 is 2.05 bits per heavy atom. The van der Waals surface area contributed by atoms with Gasteiger partial charge in [0.15, 0.2) is 0 Å². The third-order valence-corrected chi connectivity index (χ3v) is 3.87. The highest BCUT2D eigenvalue weighted by Gasteiger charge is 2.41. The molecule has 21 heavy (non-hydrogen) atoms. The molecule has 110 valence electrons. The van der Waals surface area contributed by atoms with Gasteiger partial charge in [0.2, 0.25) is 0 Å². The van der Waals surface area contributed by atoms with Crippen LogP contribution in [-0.4, -0.2) is 30.1 Å². The number of hydrogen-bond donors (Lipinski definition) is 1. The smallest absolute Gasteiger partial charge is 0.338 e. The Morgan fingerprint density at radius 1 is 1.29 bits per heavy atom. The van der Waals surface area contributed by atoms with Crippen LogP contribution in [0.25, 0.3) is 0 Å². The Kier molecular flexibility index (Phi) is 3.64. The standard InChI is InChI=1S/C16H18N2O3/c1-2-3-9-18-12-10-21-15(19)13(12)14(17-16(18)20)11-7-5-4-6-8-11/h4-8,14H,2-3,9-10H2,1H3,(H,17,20)/t14-/m1/s1. The second-order valence-corrected chi connectivity index (χ2v) is 5.23. The lowest BCUT2D eigenvalue weighted by atomic mass is 9.96. The monoisotopic (exact) mass is 286 g/mol. The Balaban J connectivity index is 1.99. The minimum atomic E-state index is -0.415. The normalized spacial score (nSPS) is 21.2. The predicted molar refractivity (Wildman–Crippen MR) is 77.3 cm³/mol. The van der Waals surface area contributed by atoms with Gasteiger partial charge >= 0.3 is 12.0 Å². The van der Waals surface area contributed by atoms with E-state index in [0.29, 0.717) is 17.8 Å². The van der Waals surface area contributed by atoms with E-state index in [9.17, 15) is 9.59 Å². The molecule has 1 N–H and O–H groups in total. The zero-order valence-electron chi connectivity index (χ0n) is 12.0. The largest absolute Gasteiger partial charge is 0.456 e. The zero-order valence-corrected chi connectivity index (χ0v) is 12.0. The van der Waals surface area contributed by atoms with Gasteiger partial charge in [0.25, 0.3) is 0 Å². The predicted octanol–water partition coefficient (Wildman–Crippen LogP) is 2.36. The Morgan fingerprint density at radius 3 is 2.76 bits per heavy atom. The highest BCUT2D eigenvalue weighted by molar-refractivity contribution is 5.97. The number of carbonyl (C=O) groups excluding carboxylic acids is 2. The molecule has 2 heterocycles. The second-order valence-electron chi connectivity index (χ2n) is 5.23. The van der Waals surface area contributed by atoms with Gasteiger partial charge in [-0.15, -0.1) is 0 Å². The Hall–Kier alpha value is -2.30. The van der Waals surface area contributed by atoms with Gasteiger partial charge in [-0.2, -0.15) is 0 Å². The number of unbranched alkanes of at least 4 members (excludes halogenated alkanes) is 1. The summed E-state index contributed by atoms with van der Waals surface area (Å²) in [4.78, 5) is 26.0. The summed E-state index contributed by atoms with van der Waals surface area (Å²) in [7, 11) is 0. The van der Waals surface area contributed by atoms with E-state index in [2.05, 4.69) is 12.2 Å². The minimum Gasteiger partial charge on any atom is -0.456 e. The summed E-state index contributed by atoms with van der Waals surface area (Å²) in [6.07, 6.45) is 1.89.